The largest absolute Gasteiger partial charge is 0.495 e. The Kier molecular flexibility index (Phi) is 6.94. The van der Waals surface area contributed by atoms with Crippen molar-refractivity contribution in [2.75, 3.05) is 20.3 Å². The van der Waals surface area contributed by atoms with Gasteiger partial charge in [-0.15, -0.1) is 0 Å². The summed E-state index contributed by atoms with van der Waals surface area (Å²) >= 11 is 0. The lowest BCUT2D eigenvalue weighted by Crippen LogP contribution is -2.24. The predicted octanol–water partition coefficient (Wildman–Crippen LogP) is 2.47. The monoisotopic (exact) mass is 262 g/mol. The molecular formula is C15H22N2O2. The van der Waals surface area contributed by atoms with Gasteiger partial charge in [-0.2, -0.15) is 5.26 Å². The van der Waals surface area contributed by atoms with E-state index in [1.165, 1.54) is 0 Å². The standard InChI is InChI=1S/C15H22N2O2/c1-12(2)17-7-4-8-19-11-13-5-6-15(18-3)14(9-13)10-16/h5-6,9,12,17H,4,7-8,11H2,1-3H3. The van der Waals surface area contributed by atoms with Gasteiger partial charge in [-0.05, 0) is 30.7 Å². The molecule has 1 N–H and O–H groups in total. The second-order valence-corrected chi connectivity index (χ2v) is 4.66. The Morgan fingerprint density at radius 3 is 2.79 bits per heavy atom. The highest BCUT2D eigenvalue weighted by Gasteiger charge is 2.03. The van der Waals surface area contributed by atoms with Gasteiger partial charge >= 0.3 is 0 Å². The normalized spacial score (nSPS) is 10.5. The molecule has 4 heteroatoms. The summed E-state index contributed by atoms with van der Waals surface area (Å²) < 4.78 is 10.7. The lowest BCUT2D eigenvalue weighted by molar-refractivity contribution is 0.118. The highest BCUT2D eigenvalue weighted by atomic mass is 16.5. The Balaban J connectivity index is 2.32. The van der Waals surface area contributed by atoms with Crippen molar-refractivity contribution in [2.24, 2.45) is 0 Å². The first-order valence-electron chi connectivity index (χ1n) is 6.55. The maximum absolute atomic E-state index is 8.99. The van der Waals surface area contributed by atoms with Crippen LogP contribution in [-0.4, -0.2) is 26.3 Å². The summed E-state index contributed by atoms with van der Waals surface area (Å²) in [4.78, 5) is 0. The van der Waals surface area contributed by atoms with Gasteiger partial charge in [0.2, 0.25) is 0 Å². The quantitative estimate of drug-likeness (QED) is 0.731. The van der Waals surface area contributed by atoms with Crippen molar-refractivity contribution in [3.63, 3.8) is 0 Å². The molecule has 1 aromatic rings. The van der Waals surface area contributed by atoms with Crippen molar-refractivity contribution in [2.45, 2.75) is 32.9 Å². The fourth-order valence-corrected chi connectivity index (χ4v) is 1.69. The van der Waals surface area contributed by atoms with Gasteiger partial charge in [0.05, 0.1) is 19.3 Å². The molecule has 0 aromatic heterocycles. The van der Waals surface area contributed by atoms with E-state index in [0.29, 0.717) is 30.6 Å². The minimum Gasteiger partial charge on any atom is -0.495 e. The summed E-state index contributed by atoms with van der Waals surface area (Å²) in [6, 6.07) is 8.17. The lowest BCUT2D eigenvalue weighted by Gasteiger charge is -2.09. The molecule has 0 radical (unpaired) electrons. The van der Waals surface area contributed by atoms with Crippen LogP contribution in [-0.2, 0) is 11.3 Å². The Morgan fingerprint density at radius 1 is 1.37 bits per heavy atom. The van der Waals surface area contributed by atoms with E-state index in [1.807, 2.05) is 12.1 Å². The summed E-state index contributed by atoms with van der Waals surface area (Å²) in [7, 11) is 1.56. The number of methoxy groups -OCH3 is 1. The number of nitriles is 1. The molecule has 0 bridgehead atoms. The second-order valence-electron chi connectivity index (χ2n) is 4.66. The molecule has 0 unspecified atom stereocenters. The Morgan fingerprint density at radius 2 is 2.16 bits per heavy atom. The van der Waals surface area contributed by atoms with Crippen LogP contribution in [0.15, 0.2) is 18.2 Å². The molecule has 0 aliphatic carbocycles. The molecule has 0 aliphatic rings. The van der Waals surface area contributed by atoms with E-state index in [9.17, 15) is 0 Å². The minimum atomic E-state index is 0.514. The van der Waals surface area contributed by atoms with Gasteiger partial charge in [0.1, 0.15) is 11.8 Å². The molecule has 1 aromatic carbocycles. The van der Waals surface area contributed by atoms with E-state index in [0.717, 1.165) is 18.5 Å². The van der Waals surface area contributed by atoms with Crippen LogP contribution in [0, 0.1) is 11.3 Å². The molecule has 104 valence electrons. The third-order valence-electron chi connectivity index (χ3n) is 2.67. The molecule has 0 spiro atoms. The summed E-state index contributed by atoms with van der Waals surface area (Å²) in [6.07, 6.45) is 0.986. The first-order chi connectivity index (χ1) is 9.17. The van der Waals surface area contributed by atoms with Gasteiger partial charge < -0.3 is 14.8 Å². The fourth-order valence-electron chi connectivity index (χ4n) is 1.69. The number of nitrogens with zero attached hydrogens (tertiary/aromatic N) is 1. The van der Waals surface area contributed by atoms with Crippen LogP contribution >= 0.6 is 0 Å². The zero-order chi connectivity index (χ0) is 14.1. The van der Waals surface area contributed by atoms with Crippen LogP contribution in [0.25, 0.3) is 0 Å². The van der Waals surface area contributed by atoms with Gasteiger partial charge in [-0.3, -0.25) is 0 Å². The zero-order valence-corrected chi connectivity index (χ0v) is 11.9. The van der Waals surface area contributed by atoms with Crippen LogP contribution in [0.3, 0.4) is 0 Å². The third kappa shape index (κ3) is 5.73. The van der Waals surface area contributed by atoms with E-state index in [2.05, 4.69) is 25.2 Å². The van der Waals surface area contributed by atoms with Crippen molar-refractivity contribution in [1.29, 1.82) is 5.26 Å². The molecule has 0 atom stereocenters. The highest BCUT2D eigenvalue weighted by molar-refractivity contribution is 5.45. The maximum Gasteiger partial charge on any atom is 0.136 e. The molecule has 0 aliphatic heterocycles. The second kappa shape index (κ2) is 8.52. The molecule has 4 nitrogen and oxygen atoms in total. The predicted molar refractivity (Wildman–Crippen MR) is 75.1 cm³/mol. The average Bonchev–Trinajstić information content (AvgIpc) is 2.42. The molecule has 0 amide bonds. The van der Waals surface area contributed by atoms with Gasteiger partial charge in [0.25, 0.3) is 0 Å². The van der Waals surface area contributed by atoms with Crippen LogP contribution in [0.4, 0.5) is 0 Å². The molecule has 19 heavy (non-hydrogen) atoms. The van der Waals surface area contributed by atoms with Crippen molar-refractivity contribution in [3.05, 3.63) is 29.3 Å². The highest BCUT2D eigenvalue weighted by Crippen LogP contribution is 2.19. The number of hydrogen-bond acceptors (Lipinski definition) is 4. The van der Waals surface area contributed by atoms with Crippen molar-refractivity contribution < 1.29 is 9.47 Å². The van der Waals surface area contributed by atoms with Gasteiger partial charge in [0, 0.05) is 12.6 Å². The Labute approximate surface area is 115 Å². The summed E-state index contributed by atoms with van der Waals surface area (Å²) in [5.74, 6) is 0.604. The topological polar surface area (TPSA) is 54.3 Å². The number of benzene rings is 1. The molecular weight excluding hydrogens is 240 g/mol. The van der Waals surface area contributed by atoms with Crippen molar-refractivity contribution in [1.82, 2.24) is 5.32 Å². The first kappa shape index (κ1) is 15.5. The Bertz CT molecular complexity index is 425. The summed E-state index contributed by atoms with van der Waals surface area (Å²) in [6.45, 7) is 6.46. The smallest absolute Gasteiger partial charge is 0.136 e. The SMILES string of the molecule is COc1ccc(COCCCNC(C)C)cc1C#N. The molecule has 1 rings (SSSR count). The first-order valence-corrected chi connectivity index (χ1v) is 6.55. The van der Waals surface area contributed by atoms with Crippen LogP contribution in [0.5, 0.6) is 5.75 Å². The molecule has 0 saturated heterocycles. The Hall–Kier alpha value is -1.57. The molecule has 0 heterocycles. The van der Waals surface area contributed by atoms with Crippen LogP contribution < -0.4 is 10.1 Å². The number of nitrogens with one attached hydrogen (secondary N) is 1. The average molecular weight is 262 g/mol. The third-order valence-corrected chi connectivity index (χ3v) is 2.67. The fraction of sp³-hybridized carbons (Fsp3) is 0.533. The molecule has 0 saturated carbocycles. The van der Waals surface area contributed by atoms with E-state index in [-0.39, 0.29) is 0 Å². The van der Waals surface area contributed by atoms with Gasteiger partial charge in [-0.1, -0.05) is 19.9 Å². The zero-order valence-electron chi connectivity index (χ0n) is 11.9. The van der Waals surface area contributed by atoms with Crippen LogP contribution in [0.1, 0.15) is 31.4 Å². The van der Waals surface area contributed by atoms with E-state index in [4.69, 9.17) is 14.7 Å². The number of rotatable bonds is 8. The van der Waals surface area contributed by atoms with E-state index >= 15 is 0 Å². The number of ether oxygens (including phenoxy) is 2. The van der Waals surface area contributed by atoms with Crippen molar-refractivity contribution >= 4 is 0 Å². The summed E-state index contributed by atoms with van der Waals surface area (Å²) in [5.41, 5.74) is 1.54. The lowest BCUT2D eigenvalue weighted by atomic mass is 10.1. The maximum atomic E-state index is 8.99. The summed E-state index contributed by atoms with van der Waals surface area (Å²) in [5, 5.41) is 12.3. The van der Waals surface area contributed by atoms with Crippen molar-refractivity contribution in [3.8, 4) is 11.8 Å². The van der Waals surface area contributed by atoms with Gasteiger partial charge in [0.15, 0.2) is 0 Å². The van der Waals surface area contributed by atoms with E-state index < -0.39 is 0 Å². The number of hydrogen-bond donors (Lipinski definition) is 1. The van der Waals surface area contributed by atoms with E-state index in [1.54, 1.807) is 13.2 Å². The van der Waals surface area contributed by atoms with Gasteiger partial charge in [-0.25, -0.2) is 0 Å². The molecule has 0 fully saturated rings. The minimum absolute atomic E-state index is 0.514. The van der Waals surface area contributed by atoms with Crippen LogP contribution in [0.2, 0.25) is 0 Å².